The summed E-state index contributed by atoms with van der Waals surface area (Å²) in [6.07, 6.45) is 25.9. The van der Waals surface area contributed by atoms with Gasteiger partial charge in [-0.15, -0.1) is 0 Å². The average Bonchev–Trinajstić information content (AvgIpc) is 2.03. The molecule has 0 saturated carbocycles. The van der Waals surface area contributed by atoms with Crippen LogP contribution in [0.4, 0.5) is 0 Å². The standard InChI is InChI=1S/C72H92N8O6/c1-7-13-19-25-36-81-59-43-53-54(44-60(59)82-37-26-20-14-8-2)69-76-67(53)74-65-51-35-34-49-32-31-33-50(49)42-52(51)66(73-65)75-68-55-45-61(83-38-27-21-15-9-3)62(84-39-28-22-16-10-4)46-56(55)70(77-68)79-72-58-48-64(86-41-30-24-18-12-6)63(85-40-29-23-17-11-5)47-57(58)71(78-69)80-72/h31-35,42-48H,7-30,36-41H2,1-6H3,(H2,73,74,75,76,77,78,79,80). The summed E-state index contributed by atoms with van der Waals surface area (Å²) in [5.74, 6) is 5.87. The molecule has 6 aromatic rings. The maximum Gasteiger partial charge on any atom is 0.164 e. The van der Waals surface area contributed by atoms with E-state index < -0.39 is 0 Å². The van der Waals surface area contributed by atoms with E-state index in [1.165, 1.54) is 0 Å². The number of unbranched alkanes of at least 4 members (excludes halogenated alkanes) is 18. The third-order valence-corrected chi connectivity index (χ3v) is 16.4. The number of nitrogens with zero attached hydrogens (tertiary/aromatic N) is 6. The van der Waals surface area contributed by atoms with E-state index in [1.807, 2.05) is 0 Å². The summed E-state index contributed by atoms with van der Waals surface area (Å²) >= 11 is 0. The minimum Gasteiger partial charge on any atom is -0.490 e. The van der Waals surface area contributed by atoms with Crippen molar-refractivity contribution in [3.05, 3.63) is 72.8 Å². The van der Waals surface area contributed by atoms with Crippen molar-refractivity contribution in [3.8, 4) is 91.2 Å². The van der Waals surface area contributed by atoms with E-state index in [9.17, 15) is 0 Å². The topological polar surface area (TPSA) is 164 Å². The average molecular weight is 1170 g/mol. The molecule has 5 heterocycles. The van der Waals surface area contributed by atoms with Gasteiger partial charge in [0.1, 0.15) is 22.6 Å². The molecule has 8 bridgehead atoms. The van der Waals surface area contributed by atoms with Gasteiger partial charge >= 0.3 is 0 Å². The van der Waals surface area contributed by atoms with Crippen molar-refractivity contribution in [3.63, 3.8) is 0 Å². The number of aromatic amines is 2. The number of H-pyrrole nitrogens is 2. The quantitative estimate of drug-likeness (QED) is 0.0358. The van der Waals surface area contributed by atoms with Crippen molar-refractivity contribution in [2.75, 3.05) is 39.6 Å². The number of hydrogen-bond acceptors (Lipinski definition) is 12. The van der Waals surface area contributed by atoms with E-state index in [-0.39, 0.29) is 0 Å². The van der Waals surface area contributed by atoms with Crippen molar-refractivity contribution in [2.24, 2.45) is 0 Å². The van der Waals surface area contributed by atoms with E-state index in [2.05, 4.69) is 124 Å². The van der Waals surface area contributed by atoms with Gasteiger partial charge in [0.05, 0.1) is 39.6 Å². The van der Waals surface area contributed by atoms with Gasteiger partial charge in [-0.25, -0.2) is 29.9 Å². The number of ether oxygens (including phenoxy) is 6. The molecule has 0 saturated heterocycles. The Morgan fingerprint density at radius 1 is 0.267 bits per heavy atom. The van der Waals surface area contributed by atoms with Crippen LogP contribution in [0.25, 0.3) is 101 Å². The third-order valence-electron chi connectivity index (χ3n) is 16.4. The maximum atomic E-state index is 6.71. The van der Waals surface area contributed by atoms with Crippen molar-refractivity contribution in [1.29, 1.82) is 0 Å². The van der Waals surface area contributed by atoms with Crippen LogP contribution < -0.4 is 28.4 Å². The van der Waals surface area contributed by atoms with Gasteiger partial charge in [-0.05, 0) is 98.2 Å². The molecule has 0 unspecified atom stereocenters. The zero-order chi connectivity index (χ0) is 59.5. The lowest BCUT2D eigenvalue weighted by molar-refractivity contribution is 0.259. The van der Waals surface area contributed by atoms with Crippen LogP contribution in [0.5, 0.6) is 34.5 Å². The van der Waals surface area contributed by atoms with Crippen molar-refractivity contribution in [2.45, 2.75) is 196 Å². The Morgan fingerprint density at radius 3 is 0.860 bits per heavy atom. The third kappa shape index (κ3) is 15.2. The molecule has 3 aromatic carbocycles. The van der Waals surface area contributed by atoms with Gasteiger partial charge in [-0.2, -0.15) is 0 Å². The number of fused-ring (bicyclic) bond motifs is 21. The van der Waals surface area contributed by atoms with Crippen LogP contribution in [-0.2, 0) is 0 Å². The van der Waals surface area contributed by atoms with E-state index in [0.29, 0.717) is 120 Å². The molecule has 2 aliphatic carbocycles. The van der Waals surface area contributed by atoms with Gasteiger partial charge in [0.15, 0.2) is 57.8 Å². The van der Waals surface area contributed by atoms with Crippen LogP contribution in [0.3, 0.4) is 0 Å². The molecule has 2 N–H and O–H groups in total. The Bertz CT molecular complexity index is 3650. The van der Waals surface area contributed by atoms with E-state index in [0.717, 1.165) is 209 Å². The molecule has 86 heavy (non-hydrogen) atoms. The van der Waals surface area contributed by atoms with Crippen LogP contribution in [0.2, 0.25) is 0 Å². The lowest BCUT2D eigenvalue weighted by Crippen LogP contribution is -2.03. The molecule has 4 aliphatic rings. The summed E-state index contributed by atoms with van der Waals surface area (Å²) in [6.45, 7) is 16.7. The number of aromatic nitrogens is 8. The van der Waals surface area contributed by atoms with Gasteiger partial charge in [-0.3, -0.25) is 0 Å². The van der Waals surface area contributed by atoms with Crippen molar-refractivity contribution in [1.82, 2.24) is 39.9 Å². The van der Waals surface area contributed by atoms with Crippen LogP contribution in [0.1, 0.15) is 196 Å². The van der Waals surface area contributed by atoms with Crippen LogP contribution in [0.15, 0.2) is 72.8 Å². The Balaban J connectivity index is 1.25. The Labute approximate surface area is 509 Å². The van der Waals surface area contributed by atoms with Crippen molar-refractivity contribution >= 4 is 44.1 Å². The molecule has 456 valence electrons. The first kappa shape index (κ1) is 61.6. The second-order valence-electron chi connectivity index (χ2n) is 23.3. The number of hydrogen-bond donors (Lipinski definition) is 2. The SMILES string of the molecule is CCCCCCOc1cc2c(cc1OCCCCCC)-c1nc-2nc2[nH]c(nc3nc(nc4[nH]c(n1)c1cc(OCCCCCC)c(OCCCCCC)cc41)-c1cc(OCCCCCC)c(OCCCCCC)cc1-3)c1cc3cccc-3ccc21. The summed E-state index contributed by atoms with van der Waals surface area (Å²) in [5.41, 5.74) is 7.59. The van der Waals surface area contributed by atoms with E-state index in [4.69, 9.17) is 58.3 Å². The first-order chi connectivity index (χ1) is 42.4. The Kier molecular flexibility index (Phi) is 22.4. The second kappa shape index (κ2) is 31.2. The molecule has 2 aliphatic heterocycles. The van der Waals surface area contributed by atoms with E-state index in [1.54, 1.807) is 0 Å². The highest BCUT2D eigenvalue weighted by Crippen LogP contribution is 2.46. The first-order valence-electron chi connectivity index (χ1n) is 33.1. The Hall–Kier alpha value is -7.48. The summed E-state index contributed by atoms with van der Waals surface area (Å²) in [7, 11) is 0. The van der Waals surface area contributed by atoms with Gasteiger partial charge in [0, 0.05) is 43.8 Å². The lowest BCUT2D eigenvalue weighted by Gasteiger charge is -2.15. The molecule has 14 nitrogen and oxygen atoms in total. The number of benzene rings is 3. The molecule has 10 rings (SSSR count). The molecular formula is C72H92N8O6. The Morgan fingerprint density at radius 2 is 0.547 bits per heavy atom. The van der Waals surface area contributed by atoms with Crippen LogP contribution in [-0.4, -0.2) is 79.5 Å². The molecule has 0 spiro atoms. The highest BCUT2D eigenvalue weighted by Gasteiger charge is 2.28. The predicted molar refractivity (Wildman–Crippen MR) is 350 cm³/mol. The van der Waals surface area contributed by atoms with Gasteiger partial charge in [0.25, 0.3) is 0 Å². The molecule has 0 radical (unpaired) electrons. The summed E-state index contributed by atoms with van der Waals surface area (Å²) in [4.78, 5) is 40.2. The lowest BCUT2D eigenvalue weighted by atomic mass is 10.1. The fraction of sp³-hybridized carbons (Fsp3) is 0.500. The highest BCUT2D eigenvalue weighted by molar-refractivity contribution is 6.08. The van der Waals surface area contributed by atoms with E-state index >= 15 is 0 Å². The largest absolute Gasteiger partial charge is 0.490 e. The molecule has 0 amide bonds. The van der Waals surface area contributed by atoms with Gasteiger partial charge in [-0.1, -0.05) is 181 Å². The smallest absolute Gasteiger partial charge is 0.164 e. The monoisotopic (exact) mass is 1160 g/mol. The minimum absolute atomic E-state index is 0.469. The second-order valence-corrected chi connectivity index (χ2v) is 23.3. The number of nitrogens with one attached hydrogen (secondary N) is 2. The molecule has 0 atom stereocenters. The summed E-state index contributed by atoms with van der Waals surface area (Å²) in [5, 5.41) is 3.35. The maximum absolute atomic E-state index is 6.71. The molecular weight excluding hydrogens is 1070 g/mol. The minimum atomic E-state index is 0.469. The zero-order valence-corrected chi connectivity index (χ0v) is 52.3. The fourth-order valence-electron chi connectivity index (χ4n) is 11.4. The first-order valence-corrected chi connectivity index (χ1v) is 33.1. The predicted octanol–water partition coefficient (Wildman–Crippen LogP) is 19.7. The number of rotatable bonds is 36. The highest BCUT2D eigenvalue weighted by atomic mass is 16.5. The molecule has 0 fully saturated rings. The summed E-state index contributed by atoms with van der Waals surface area (Å²) < 4.78 is 40.2. The van der Waals surface area contributed by atoms with Gasteiger partial charge < -0.3 is 38.4 Å². The van der Waals surface area contributed by atoms with Crippen LogP contribution >= 0.6 is 0 Å². The van der Waals surface area contributed by atoms with Crippen LogP contribution in [0, 0.1) is 0 Å². The van der Waals surface area contributed by atoms with Crippen molar-refractivity contribution < 1.29 is 28.4 Å². The molecule has 14 heteroatoms. The normalized spacial score (nSPS) is 11.8. The van der Waals surface area contributed by atoms with Gasteiger partial charge in [0.2, 0.25) is 0 Å². The fourth-order valence-corrected chi connectivity index (χ4v) is 11.4. The molecule has 3 aromatic heterocycles. The summed E-state index contributed by atoms with van der Waals surface area (Å²) in [6, 6.07) is 25.1. The zero-order valence-electron chi connectivity index (χ0n) is 52.3.